The summed E-state index contributed by atoms with van der Waals surface area (Å²) in [7, 11) is 0. The molecule has 1 saturated heterocycles. The number of piperazine rings is 1. The molecule has 2 aromatic rings. The Bertz CT molecular complexity index is 572. The highest BCUT2D eigenvalue weighted by atomic mass is 16.3. The summed E-state index contributed by atoms with van der Waals surface area (Å²) < 4.78 is 5.78. The minimum Gasteiger partial charge on any atom is -0.439 e. The largest absolute Gasteiger partial charge is 0.439 e. The number of nitrogens with two attached hydrogens (primary N) is 1. The predicted octanol–water partition coefficient (Wildman–Crippen LogP) is 1.94. The molecule has 108 valence electrons. The molecule has 1 fully saturated rings. The van der Waals surface area contributed by atoms with Crippen LogP contribution in [0.4, 0.5) is 5.69 Å². The highest BCUT2D eigenvalue weighted by Crippen LogP contribution is 2.19. The molecular weight excluding hydrogens is 252 g/mol. The van der Waals surface area contributed by atoms with Crippen molar-refractivity contribution < 1.29 is 4.42 Å². The van der Waals surface area contributed by atoms with E-state index in [0.29, 0.717) is 5.69 Å². The van der Waals surface area contributed by atoms with Crippen LogP contribution in [-0.4, -0.2) is 47.5 Å². The zero-order valence-corrected chi connectivity index (χ0v) is 12.0. The Morgan fingerprint density at radius 1 is 1.20 bits per heavy atom. The monoisotopic (exact) mass is 274 g/mol. The van der Waals surface area contributed by atoms with Gasteiger partial charge in [0.25, 0.3) is 0 Å². The summed E-state index contributed by atoms with van der Waals surface area (Å²) in [6.45, 7) is 8.67. The van der Waals surface area contributed by atoms with Crippen LogP contribution in [0.5, 0.6) is 0 Å². The molecule has 20 heavy (non-hydrogen) atoms. The molecule has 0 radical (unpaired) electrons. The van der Waals surface area contributed by atoms with Crippen LogP contribution in [0.1, 0.15) is 19.2 Å². The Morgan fingerprint density at radius 3 is 2.70 bits per heavy atom. The van der Waals surface area contributed by atoms with E-state index < -0.39 is 0 Å². The van der Waals surface area contributed by atoms with Gasteiger partial charge in [-0.15, -0.1) is 0 Å². The second-order valence-electron chi connectivity index (χ2n) is 5.45. The van der Waals surface area contributed by atoms with Gasteiger partial charge < -0.3 is 15.1 Å². The number of nitrogens with zero attached hydrogens (tertiary/aromatic N) is 3. The van der Waals surface area contributed by atoms with E-state index in [2.05, 4.69) is 21.7 Å². The number of anilines is 1. The molecule has 1 aromatic carbocycles. The Kier molecular flexibility index (Phi) is 3.89. The second-order valence-corrected chi connectivity index (χ2v) is 5.45. The molecule has 1 aliphatic heterocycles. The van der Waals surface area contributed by atoms with Gasteiger partial charge in [0.05, 0.1) is 6.54 Å². The molecule has 5 nitrogen and oxygen atoms in total. The SMILES string of the molecule is CCCN1CCN(Cc2nc3ccc(N)cc3o2)CC1. The molecule has 0 unspecified atom stereocenters. The Labute approximate surface area is 119 Å². The third kappa shape index (κ3) is 2.94. The number of nitrogen functional groups attached to an aromatic ring is 1. The smallest absolute Gasteiger partial charge is 0.209 e. The van der Waals surface area contributed by atoms with Crippen molar-refractivity contribution in [2.45, 2.75) is 19.9 Å². The topological polar surface area (TPSA) is 58.5 Å². The molecule has 0 spiro atoms. The summed E-state index contributed by atoms with van der Waals surface area (Å²) in [6.07, 6.45) is 1.23. The highest BCUT2D eigenvalue weighted by Gasteiger charge is 2.18. The van der Waals surface area contributed by atoms with Gasteiger partial charge in [-0.25, -0.2) is 4.98 Å². The molecule has 1 aromatic heterocycles. The van der Waals surface area contributed by atoms with Gasteiger partial charge in [0, 0.05) is 37.9 Å². The van der Waals surface area contributed by atoms with Crippen molar-refractivity contribution in [3.8, 4) is 0 Å². The van der Waals surface area contributed by atoms with Gasteiger partial charge in [0.15, 0.2) is 5.58 Å². The van der Waals surface area contributed by atoms with Gasteiger partial charge in [-0.3, -0.25) is 4.90 Å². The molecule has 0 aliphatic carbocycles. The standard InChI is InChI=1S/C15H22N4O/c1-2-5-18-6-8-19(9-7-18)11-15-17-13-4-3-12(16)10-14(13)20-15/h3-4,10H,2,5-9,11,16H2,1H3. The summed E-state index contributed by atoms with van der Waals surface area (Å²) >= 11 is 0. The average molecular weight is 274 g/mol. The van der Waals surface area contributed by atoms with Crippen LogP contribution in [0.25, 0.3) is 11.1 Å². The normalized spacial score (nSPS) is 17.9. The van der Waals surface area contributed by atoms with Crippen molar-refractivity contribution in [1.82, 2.24) is 14.8 Å². The molecule has 0 amide bonds. The van der Waals surface area contributed by atoms with Crippen LogP contribution in [0.2, 0.25) is 0 Å². The molecule has 2 N–H and O–H groups in total. The Balaban J connectivity index is 1.62. The van der Waals surface area contributed by atoms with Crippen LogP contribution < -0.4 is 5.73 Å². The van der Waals surface area contributed by atoms with Crippen molar-refractivity contribution in [3.05, 3.63) is 24.1 Å². The summed E-state index contributed by atoms with van der Waals surface area (Å²) in [4.78, 5) is 9.45. The lowest BCUT2D eigenvalue weighted by atomic mass is 10.3. The maximum absolute atomic E-state index is 5.78. The molecule has 0 saturated carbocycles. The zero-order chi connectivity index (χ0) is 13.9. The van der Waals surface area contributed by atoms with Crippen molar-refractivity contribution in [3.63, 3.8) is 0 Å². The van der Waals surface area contributed by atoms with Crippen molar-refractivity contribution in [2.24, 2.45) is 0 Å². The van der Waals surface area contributed by atoms with E-state index in [9.17, 15) is 0 Å². The first-order valence-electron chi connectivity index (χ1n) is 7.34. The highest BCUT2D eigenvalue weighted by molar-refractivity contribution is 5.76. The number of hydrogen-bond donors (Lipinski definition) is 1. The summed E-state index contributed by atoms with van der Waals surface area (Å²) in [5, 5.41) is 0. The van der Waals surface area contributed by atoms with Crippen LogP contribution in [-0.2, 0) is 6.54 Å². The molecule has 0 bridgehead atoms. The third-order valence-corrected chi connectivity index (χ3v) is 3.82. The lowest BCUT2D eigenvalue weighted by Gasteiger charge is -2.33. The van der Waals surface area contributed by atoms with E-state index in [1.807, 2.05) is 18.2 Å². The van der Waals surface area contributed by atoms with Gasteiger partial charge in [-0.05, 0) is 25.1 Å². The van der Waals surface area contributed by atoms with E-state index in [0.717, 1.165) is 49.7 Å². The number of benzene rings is 1. The first-order chi connectivity index (χ1) is 9.74. The van der Waals surface area contributed by atoms with Crippen molar-refractivity contribution in [2.75, 3.05) is 38.5 Å². The lowest BCUT2D eigenvalue weighted by molar-refractivity contribution is 0.120. The number of fused-ring (bicyclic) bond motifs is 1. The van der Waals surface area contributed by atoms with E-state index in [1.54, 1.807) is 0 Å². The number of rotatable bonds is 4. The molecular formula is C15H22N4O. The molecule has 2 heterocycles. The predicted molar refractivity (Wildman–Crippen MR) is 80.4 cm³/mol. The third-order valence-electron chi connectivity index (χ3n) is 3.82. The van der Waals surface area contributed by atoms with Crippen LogP contribution in [0.3, 0.4) is 0 Å². The number of oxazole rings is 1. The lowest BCUT2D eigenvalue weighted by Crippen LogP contribution is -2.46. The van der Waals surface area contributed by atoms with Crippen molar-refractivity contribution >= 4 is 16.8 Å². The van der Waals surface area contributed by atoms with Gasteiger partial charge in [0.2, 0.25) is 5.89 Å². The Morgan fingerprint density at radius 2 is 1.95 bits per heavy atom. The fourth-order valence-corrected chi connectivity index (χ4v) is 2.74. The van der Waals surface area contributed by atoms with E-state index in [-0.39, 0.29) is 0 Å². The number of hydrogen-bond acceptors (Lipinski definition) is 5. The zero-order valence-electron chi connectivity index (χ0n) is 12.0. The number of aromatic nitrogens is 1. The first-order valence-corrected chi connectivity index (χ1v) is 7.34. The summed E-state index contributed by atoms with van der Waals surface area (Å²) in [5.74, 6) is 0.787. The molecule has 1 aliphatic rings. The van der Waals surface area contributed by atoms with Crippen LogP contribution in [0.15, 0.2) is 22.6 Å². The molecule has 3 rings (SSSR count). The van der Waals surface area contributed by atoms with Gasteiger partial charge in [0.1, 0.15) is 5.52 Å². The average Bonchev–Trinajstić information content (AvgIpc) is 2.82. The van der Waals surface area contributed by atoms with Crippen LogP contribution >= 0.6 is 0 Å². The summed E-state index contributed by atoms with van der Waals surface area (Å²) in [5.41, 5.74) is 8.14. The van der Waals surface area contributed by atoms with Gasteiger partial charge >= 0.3 is 0 Å². The van der Waals surface area contributed by atoms with Gasteiger partial charge in [-0.2, -0.15) is 0 Å². The molecule has 0 atom stereocenters. The van der Waals surface area contributed by atoms with Crippen LogP contribution in [0, 0.1) is 0 Å². The first kappa shape index (κ1) is 13.4. The fourth-order valence-electron chi connectivity index (χ4n) is 2.74. The van der Waals surface area contributed by atoms with E-state index >= 15 is 0 Å². The maximum Gasteiger partial charge on any atom is 0.209 e. The Hall–Kier alpha value is -1.59. The minimum absolute atomic E-state index is 0.716. The van der Waals surface area contributed by atoms with Crippen molar-refractivity contribution in [1.29, 1.82) is 0 Å². The molecule has 5 heteroatoms. The van der Waals surface area contributed by atoms with E-state index in [1.165, 1.54) is 13.0 Å². The quantitative estimate of drug-likeness (QED) is 0.863. The minimum atomic E-state index is 0.716. The summed E-state index contributed by atoms with van der Waals surface area (Å²) in [6, 6.07) is 5.61. The van der Waals surface area contributed by atoms with E-state index in [4.69, 9.17) is 10.2 Å². The second kappa shape index (κ2) is 5.81. The fraction of sp³-hybridized carbons (Fsp3) is 0.533. The van der Waals surface area contributed by atoms with Gasteiger partial charge in [-0.1, -0.05) is 6.92 Å². The maximum atomic E-state index is 5.78.